The fourth-order valence-corrected chi connectivity index (χ4v) is 7.07. The lowest BCUT2D eigenvalue weighted by Gasteiger charge is -2.33. The fraction of sp³-hybridized carbons (Fsp3) is 0.462. The number of aromatic nitrogens is 1. The molecular weight excluding hydrogens is 480 g/mol. The summed E-state index contributed by atoms with van der Waals surface area (Å²) in [6.45, 7) is 6.34. The molecule has 1 aromatic carbocycles. The Morgan fingerprint density at radius 2 is 1.75 bits per heavy atom. The monoisotopic (exact) mass is 510 g/mol. The van der Waals surface area contributed by atoms with Gasteiger partial charge < -0.3 is 14.8 Å². The van der Waals surface area contributed by atoms with Gasteiger partial charge in [-0.15, -0.1) is 0 Å². The summed E-state index contributed by atoms with van der Waals surface area (Å²) in [4.78, 5) is 40.4. The van der Waals surface area contributed by atoms with Gasteiger partial charge in [-0.25, -0.2) is 8.42 Å². The first-order chi connectivity index (χ1) is 16.9. The maximum Gasteiger partial charge on any atom is 0.270 e. The number of hydrogen-bond acceptors (Lipinski definition) is 6. The highest BCUT2D eigenvalue weighted by Crippen LogP contribution is 2.46. The van der Waals surface area contributed by atoms with Crippen LogP contribution in [0.2, 0.25) is 0 Å². The average molecular weight is 511 g/mol. The van der Waals surface area contributed by atoms with Crippen LogP contribution in [0.4, 0.5) is 0 Å². The minimum atomic E-state index is -3.40. The molecule has 36 heavy (non-hydrogen) atoms. The summed E-state index contributed by atoms with van der Waals surface area (Å²) in [6.07, 6.45) is 1.06. The number of benzene rings is 1. The summed E-state index contributed by atoms with van der Waals surface area (Å²) >= 11 is 0. The van der Waals surface area contributed by atoms with Crippen LogP contribution in [-0.4, -0.2) is 53.3 Å². The van der Waals surface area contributed by atoms with Crippen molar-refractivity contribution in [3.8, 4) is 6.07 Å². The molecule has 1 saturated carbocycles. The van der Waals surface area contributed by atoms with Crippen molar-refractivity contribution in [2.24, 2.45) is 5.41 Å². The van der Waals surface area contributed by atoms with Crippen molar-refractivity contribution < 1.29 is 18.0 Å². The van der Waals surface area contributed by atoms with E-state index in [1.54, 1.807) is 24.3 Å². The third kappa shape index (κ3) is 5.07. The molecule has 190 valence electrons. The molecule has 0 unspecified atom stereocenters. The van der Waals surface area contributed by atoms with Gasteiger partial charge in [-0.2, -0.15) is 5.26 Å². The zero-order valence-electron chi connectivity index (χ0n) is 20.7. The van der Waals surface area contributed by atoms with Crippen molar-refractivity contribution in [3.05, 3.63) is 69.1 Å². The van der Waals surface area contributed by atoms with E-state index in [4.69, 9.17) is 5.26 Å². The molecule has 2 heterocycles. The summed E-state index contributed by atoms with van der Waals surface area (Å²) in [5, 5.41) is 11.6. The highest BCUT2D eigenvalue weighted by Gasteiger charge is 2.56. The van der Waals surface area contributed by atoms with Gasteiger partial charge in [0, 0.05) is 26.2 Å². The molecule has 0 radical (unpaired) electrons. The number of rotatable bonds is 7. The van der Waals surface area contributed by atoms with Gasteiger partial charge in [0.15, 0.2) is 9.84 Å². The molecular formula is C26H30N4O5S. The van der Waals surface area contributed by atoms with Crippen LogP contribution >= 0.6 is 0 Å². The molecule has 2 amide bonds. The minimum absolute atomic E-state index is 0.0546. The van der Waals surface area contributed by atoms with E-state index in [2.05, 4.69) is 5.32 Å². The molecule has 10 heteroatoms. The van der Waals surface area contributed by atoms with Gasteiger partial charge >= 0.3 is 0 Å². The number of pyridine rings is 1. The largest absolute Gasteiger partial charge is 0.348 e. The van der Waals surface area contributed by atoms with Gasteiger partial charge in [-0.05, 0) is 48.1 Å². The van der Waals surface area contributed by atoms with Crippen LogP contribution in [0.25, 0.3) is 0 Å². The topological polar surface area (TPSA) is 129 Å². The second kappa shape index (κ2) is 9.21. The second-order valence-electron chi connectivity index (χ2n) is 10.8. The summed E-state index contributed by atoms with van der Waals surface area (Å²) < 4.78 is 26.5. The minimum Gasteiger partial charge on any atom is -0.348 e. The SMILES string of the molecule is CC(C)(C)CS(=O)(=O)C1(CN2CCn3c(ccc(C(=O)NCc4ccc(C#N)cc4)c3=O)C2=O)CC1. The lowest BCUT2D eigenvalue weighted by Crippen LogP contribution is -2.50. The molecule has 1 fully saturated rings. The van der Waals surface area contributed by atoms with Crippen molar-refractivity contribution in [2.45, 2.75) is 51.4 Å². The number of carbonyl (C=O) groups is 2. The van der Waals surface area contributed by atoms with Gasteiger partial charge in [0.25, 0.3) is 17.4 Å². The number of nitrogens with one attached hydrogen (secondary N) is 1. The predicted molar refractivity (Wildman–Crippen MR) is 134 cm³/mol. The summed E-state index contributed by atoms with van der Waals surface area (Å²) in [7, 11) is -3.40. The first-order valence-electron chi connectivity index (χ1n) is 11.9. The van der Waals surface area contributed by atoms with E-state index in [0.717, 1.165) is 5.56 Å². The Morgan fingerprint density at radius 1 is 1.08 bits per heavy atom. The van der Waals surface area contributed by atoms with Gasteiger partial charge in [0.1, 0.15) is 11.3 Å². The molecule has 0 atom stereocenters. The number of nitriles is 1. The van der Waals surface area contributed by atoms with E-state index in [-0.39, 0.29) is 48.6 Å². The normalized spacial score (nSPS) is 16.7. The number of sulfone groups is 1. The number of hydrogen-bond donors (Lipinski definition) is 1. The predicted octanol–water partition coefficient (Wildman–Crippen LogP) is 2.10. The maximum atomic E-state index is 13.2. The average Bonchev–Trinajstić information content (AvgIpc) is 3.60. The Kier molecular flexibility index (Phi) is 6.56. The van der Waals surface area contributed by atoms with Crippen LogP contribution < -0.4 is 10.9 Å². The second-order valence-corrected chi connectivity index (χ2v) is 13.2. The molecule has 2 aromatic rings. The van der Waals surface area contributed by atoms with Crippen molar-refractivity contribution >= 4 is 21.7 Å². The van der Waals surface area contributed by atoms with Crippen molar-refractivity contribution in [1.29, 1.82) is 5.26 Å². The maximum absolute atomic E-state index is 13.2. The van der Waals surface area contributed by atoms with Crippen LogP contribution in [0.1, 0.15) is 65.6 Å². The van der Waals surface area contributed by atoms with Crippen LogP contribution in [0.3, 0.4) is 0 Å². The number of fused-ring (bicyclic) bond motifs is 1. The van der Waals surface area contributed by atoms with Crippen molar-refractivity contribution in [2.75, 3.05) is 18.8 Å². The molecule has 0 bridgehead atoms. The van der Waals surface area contributed by atoms with Gasteiger partial charge in [0.05, 0.1) is 22.1 Å². The molecule has 1 aromatic heterocycles. The highest BCUT2D eigenvalue weighted by molar-refractivity contribution is 7.93. The first kappa shape index (κ1) is 25.6. The van der Waals surface area contributed by atoms with E-state index in [0.29, 0.717) is 18.4 Å². The third-order valence-electron chi connectivity index (χ3n) is 6.62. The zero-order chi connectivity index (χ0) is 26.3. The molecule has 1 aliphatic carbocycles. The Hall–Kier alpha value is -3.45. The Labute approximate surface area is 210 Å². The molecule has 4 rings (SSSR count). The third-order valence-corrected chi connectivity index (χ3v) is 9.73. The van der Waals surface area contributed by atoms with Crippen LogP contribution in [0.5, 0.6) is 0 Å². The summed E-state index contributed by atoms with van der Waals surface area (Å²) in [5.41, 5.74) is 0.438. The lowest BCUT2D eigenvalue weighted by molar-refractivity contribution is 0.0695. The lowest BCUT2D eigenvalue weighted by atomic mass is 10.0. The van der Waals surface area contributed by atoms with Gasteiger partial charge in [-0.3, -0.25) is 14.4 Å². The number of amides is 2. The van der Waals surface area contributed by atoms with Gasteiger partial charge in [0.2, 0.25) is 0 Å². The molecule has 1 N–H and O–H groups in total. The number of carbonyl (C=O) groups excluding carboxylic acids is 2. The van der Waals surface area contributed by atoms with Crippen LogP contribution in [0, 0.1) is 16.7 Å². The summed E-state index contributed by atoms with van der Waals surface area (Å²) in [5.74, 6) is -0.904. The molecule has 1 aliphatic heterocycles. The zero-order valence-corrected chi connectivity index (χ0v) is 21.5. The molecule has 0 saturated heterocycles. The van der Waals surface area contributed by atoms with Crippen molar-refractivity contribution in [3.63, 3.8) is 0 Å². The number of nitrogens with zero attached hydrogens (tertiary/aromatic N) is 3. The highest BCUT2D eigenvalue weighted by atomic mass is 32.2. The summed E-state index contributed by atoms with van der Waals surface area (Å²) in [6, 6.07) is 11.6. The fourth-order valence-electron chi connectivity index (χ4n) is 4.55. The Bertz CT molecular complexity index is 1410. The standard InChI is InChI=1S/C26H30N4O5S/c1-25(2,3)17-36(34,35)26(10-11-26)16-29-12-13-30-21(24(29)33)9-8-20(23(30)32)22(31)28-15-19-6-4-18(14-27)5-7-19/h4-9H,10-13,15-17H2,1-3H3,(H,28,31). The molecule has 0 spiro atoms. The van der Waals surface area contributed by atoms with E-state index in [9.17, 15) is 22.8 Å². The van der Waals surface area contributed by atoms with E-state index in [1.165, 1.54) is 21.6 Å². The van der Waals surface area contributed by atoms with E-state index >= 15 is 0 Å². The Morgan fingerprint density at radius 3 is 2.33 bits per heavy atom. The smallest absolute Gasteiger partial charge is 0.270 e. The van der Waals surface area contributed by atoms with Gasteiger partial charge in [-0.1, -0.05) is 32.9 Å². The van der Waals surface area contributed by atoms with Crippen LogP contribution in [0.15, 0.2) is 41.2 Å². The van der Waals surface area contributed by atoms with E-state index in [1.807, 2.05) is 26.8 Å². The molecule has 2 aliphatic rings. The van der Waals surface area contributed by atoms with Crippen molar-refractivity contribution in [1.82, 2.24) is 14.8 Å². The quantitative estimate of drug-likeness (QED) is 0.607. The van der Waals surface area contributed by atoms with E-state index < -0.39 is 32.0 Å². The van der Waals surface area contributed by atoms with Crippen LogP contribution in [-0.2, 0) is 22.9 Å². The Balaban J connectivity index is 1.47. The first-order valence-corrected chi connectivity index (χ1v) is 13.5. The molecule has 9 nitrogen and oxygen atoms in total.